The average molecular weight is 379 g/mol. The monoisotopic (exact) mass is 379 g/mol. The third kappa shape index (κ3) is 4.37. The normalized spacial score (nSPS) is 10.7. The van der Waals surface area contributed by atoms with Crippen molar-refractivity contribution in [3.05, 3.63) is 71.5 Å². The molecule has 0 saturated carbocycles. The van der Waals surface area contributed by atoms with Crippen molar-refractivity contribution >= 4 is 5.91 Å². The van der Waals surface area contributed by atoms with Gasteiger partial charge in [0.25, 0.3) is 5.91 Å². The minimum Gasteiger partial charge on any atom is -0.497 e. The summed E-state index contributed by atoms with van der Waals surface area (Å²) < 4.78 is 6.84. The molecule has 1 amide bonds. The van der Waals surface area contributed by atoms with Gasteiger partial charge in [-0.1, -0.05) is 35.5 Å². The Hall–Kier alpha value is -3.19. The molecule has 3 aromatic rings. The Morgan fingerprint density at radius 3 is 2.46 bits per heavy atom. The van der Waals surface area contributed by atoms with Crippen LogP contribution < -0.4 is 10.5 Å². The Labute approximate surface area is 164 Å². The van der Waals surface area contributed by atoms with Gasteiger partial charge < -0.3 is 15.4 Å². The number of benzene rings is 2. The molecule has 146 valence electrons. The first kappa shape index (κ1) is 19.6. The number of ether oxygens (including phenoxy) is 1. The first-order chi connectivity index (χ1) is 13.6. The van der Waals surface area contributed by atoms with Gasteiger partial charge in [-0.15, -0.1) is 5.10 Å². The lowest BCUT2D eigenvalue weighted by atomic mass is 10.1. The third-order valence-electron chi connectivity index (χ3n) is 4.61. The zero-order valence-corrected chi connectivity index (χ0v) is 16.2. The van der Waals surface area contributed by atoms with Gasteiger partial charge in [-0.25, -0.2) is 4.68 Å². The number of amides is 1. The van der Waals surface area contributed by atoms with Crippen LogP contribution in [0.25, 0.3) is 5.69 Å². The van der Waals surface area contributed by atoms with E-state index in [0.29, 0.717) is 31.0 Å². The molecule has 0 spiro atoms. The van der Waals surface area contributed by atoms with Crippen LogP contribution in [0.1, 0.15) is 21.7 Å². The SMILES string of the molecule is COc1ccc(-n2nnc(C(=O)N(CCN)CCc3ccccc3)c2C)cc1. The summed E-state index contributed by atoms with van der Waals surface area (Å²) in [5.74, 6) is 0.603. The van der Waals surface area contributed by atoms with Gasteiger partial charge in [-0.05, 0) is 43.2 Å². The number of carbonyl (C=O) groups is 1. The molecule has 1 heterocycles. The Morgan fingerprint density at radius 1 is 1.11 bits per heavy atom. The number of methoxy groups -OCH3 is 1. The average Bonchev–Trinajstić information content (AvgIpc) is 3.12. The number of hydrogen-bond acceptors (Lipinski definition) is 5. The van der Waals surface area contributed by atoms with Crippen LogP contribution in [0.4, 0.5) is 0 Å². The number of carbonyl (C=O) groups excluding carboxylic acids is 1. The first-order valence-electron chi connectivity index (χ1n) is 9.24. The van der Waals surface area contributed by atoms with E-state index in [0.717, 1.165) is 17.9 Å². The molecule has 0 aliphatic rings. The predicted octanol–water partition coefficient (Wildman–Crippen LogP) is 2.23. The van der Waals surface area contributed by atoms with Crippen LogP contribution in [0.3, 0.4) is 0 Å². The summed E-state index contributed by atoms with van der Waals surface area (Å²) in [6.45, 7) is 3.29. The second-order valence-corrected chi connectivity index (χ2v) is 6.45. The molecule has 2 N–H and O–H groups in total. The number of hydrogen-bond donors (Lipinski definition) is 1. The minimum atomic E-state index is -0.154. The van der Waals surface area contributed by atoms with E-state index in [1.165, 1.54) is 5.56 Å². The van der Waals surface area contributed by atoms with Crippen LogP contribution in [-0.2, 0) is 6.42 Å². The Bertz CT molecular complexity index is 906. The first-order valence-corrected chi connectivity index (χ1v) is 9.24. The number of rotatable bonds is 8. The molecule has 0 aliphatic heterocycles. The van der Waals surface area contributed by atoms with Gasteiger partial charge in [0.15, 0.2) is 5.69 Å². The van der Waals surface area contributed by atoms with E-state index in [2.05, 4.69) is 22.4 Å². The van der Waals surface area contributed by atoms with Crippen LogP contribution in [0.15, 0.2) is 54.6 Å². The highest BCUT2D eigenvalue weighted by atomic mass is 16.5. The van der Waals surface area contributed by atoms with Crippen molar-refractivity contribution in [3.8, 4) is 11.4 Å². The maximum Gasteiger partial charge on any atom is 0.276 e. The molecule has 28 heavy (non-hydrogen) atoms. The van der Waals surface area contributed by atoms with Crippen molar-refractivity contribution < 1.29 is 9.53 Å². The molecule has 2 aromatic carbocycles. The van der Waals surface area contributed by atoms with Crippen molar-refractivity contribution in [3.63, 3.8) is 0 Å². The number of aromatic nitrogens is 3. The van der Waals surface area contributed by atoms with E-state index in [1.807, 2.05) is 49.4 Å². The van der Waals surface area contributed by atoms with Crippen LogP contribution >= 0.6 is 0 Å². The van der Waals surface area contributed by atoms with Crippen LogP contribution in [0.2, 0.25) is 0 Å². The second-order valence-electron chi connectivity index (χ2n) is 6.45. The van der Waals surface area contributed by atoms with Gasteiger partial charge in [0.2, 0.25) is 0 Å². The van der Waals surface area contributed by atoms with E-state index in [1.54, 1.807) is 16.7 Å². The van der Waals surface area contributed by atoms with Gasteiger partial charge in [-0.3, -0.25) is 4.79 Å². The van der Waals surface area contributed by atoms with Crippen molar-refractivity contribution in [2.75, 3.05) is 26.7 Å². The van der Waals surface area contributed by atoms with Crippen molar-refractivity contribution in [2.45, 2.75) is 13.3 Å². The Balaban J connectivity index is 1.78. The van der Waals surface area contributed by atoms with Gasteiger partial charge in [-0.2, -0.15) is 0 Å². The van der Waals surface area contributed by atoms with E-state index in [4.69, 9.17) is 10.5 Å². The maximum atomic E-state index is 13.1. The van der Waals surface area contributed by atoms with Crippen LogP contribution in [0.5, 0.6) is 5.75 Å². The topological polar surface area (TPSA) is 86.3 Å². The molecule has 0 radical (unpaired) electrons. The standard InChI is InChI=1S/C21H25N5O2/c1-16-20(23-24-26(16)18-8-10-19(28-2)11-9-18)21(27)25(15-13-22)14-12-17-6-4-3-5-7-17/h3-11H,12-15,22H2,1-2H3. The quantitative estimate of drug-likeness (QED) is 0.649. The van der Waals surface area contributed by atoms with E-state index in [9.17, 15) is 4.79 Å². The summed E-state index contributed by atoms with van der Waals surface area (Å²) in [6.07, 6.45) is 0.762. The second kappa shape index (κ2) is 9.14. The molecule has 0 aliphatic carbocycles. The molecule has 0 saturated heterocycles. The van der Waals surface area contributed by atoms with Crippen LogP contribution in [-0.4, -0.2) is 52.5 Å². The highest BCUT2D eigenvalue weighted by molar-refractivity contribution is 5.93. The highest BCUT2D eigenvalue weighted by Crippen LogP contribution is 2.17. The zero-order valence-electron chi connectivity index (χ0n) is 16.2. The summed E-state index contributed by atoms with van der Waals surface area (Å²) in [5, 5.41) is 8.31. The summed E-state index contributed by atoms with van der Waals surface area (Å²) in [5.41, 5.74) is 8.76. The molecule has 7 nitrogen and oxygen atoms in total. The van der Waals surface area contributed by atoms with Gasteiger partial charge in [0.05, 0.1) is 18.5 Å². The molecule has 0 fully saturated rings. The van der Waals surface area contributed by atoms with E-state index < -0.39 is 0 Å². The lowest BCUT2D eigenvalue weighted by Gasteiger charge is -2.21. The lowest BCUT2D eigenvalue weighted by molar-refractivity contribution is 0.0755. The van der Waals surface area contributed by atoms with Crippen molar-refractivity contribution in [2.24, 2.45) is 5.73 Å². The molecule has 1 aromatic heterocycles. The molecule has 0 atom stereocenters. The lowest BCUT2D eigenvalue weighted by Crippen LogP contribution is -2.37. The van der Waals surface area contributed by atoms with E-state index in [-0.39, 0.29) is 5.91 Å². The Kier molecular flexibility index (Phi) is 6.39. The van der Waals surface area contributed by atoms with E-state index >= 15 is 0 Å². The molecule has 0 unspecified atom stereocenters. The fourth-order valence-electron chi connectivity index (χ4n) is 3.02. The fraction of sp³-hybridized carbons (Fsp3) is 0.286. The largest absolute Gasteiger partial charge is 0.497 e. The fourth-order valence-corrected chi connectivity index (χ4v) is 3.02. The molecule has 7 heteroatoms. The maximum absolute atomic E-state index is 13.1. The number of nitrogens with two attached hydrogens (primary N) is 1. The summed E-state index contributed by atoms with van der Waals surface area (Å²) >= 11 is 0. The minimum absolute atomic E-state index is 0.154. The zero-order chi connectivity index (χ0) is 19.9. The Morgan fingerprint density at radius 2 is 1.82 bits per heavy atom. The number of nitrogens with zero attached hydrogens (tertiary/aromatic N) is 4. The molecular formula is C21H25N5O2. The van der Waals surface area contributed by atoms with Crippen LogP contribution in [0, 0.1) is 6.92 Å². The summed E-state index contributed by atoms with van der Waals surface area (Å²) in [4.78, 5) is 14.8. The van der Waals surface area contributed by atoms with Crippen molar-refractivity contribution in [1.82, 2.24) is 19.9 Å². The third-order valence-corrected chi connectivity index (χ3v) is 4.61. The van der Waals surface area contributed by atoms with Crippen molar-refractivity contribution in [1.29, 1.82) is 0 Å². The van der Waals surface area contributed by atoms with Gasteiger partial charge in [0.1, 0.15) is 5.75 Å². The predicted molar refractivity (Wildman–Crippen MR) is 108 cm³/mol. The smallest absolute Gasteiger partial charge is 0.276 e. The summed E-state index contributed by atoms with van der Waals surface area (Å²) in [7, 11) is 1.62. The molecular weight excluding hydrogens is 354 g/mol. The molecule has 3 rings (SSSR count). The summed E-state index contributed by atoms with van der Waals surface area (Å²) in [6, 6.07) is 17.5. The highest BCUT2D eigenvalue weighted by Gasteiger charge is 2.22. The van der Waals surface area contributed by atoms with Gasteiger partial charge in [0, 0.05) is 19.6 Å². The molecule has 0 bridgehead atoms. The van der Waals surface area contributed by atoms with Gasteiger partial charge >= 0.3 is 0 Å².